The molecule has 2 aromatic rings. The van der Waals surface area contributed by atoms with E-state index in [4.69, 9.17) is 0 Å². The topological polar surface area (TPSA) is 42.7 Å². The van der Waals surface area contributed by atoms with Gasteiger partial charge in [0.05, 0.1) is 5.69 Å². The third-order valence-corrected chi connectivity index (χ3v) is 2.37. The van der Waals surface area contributed by atoms with Crippen LogP contribution in [0.15, 0.2) is 30.6 Å². The molecular weight excluding hydrogens is 176 g/mol. The molecule has 1 N–H and O–H groups in total. The molecule has 0 amide bonds. The lowest BCUT2D eigenvalue weighted by Gasteiger charge is -1.98. The molecule has 1 aliphatic rings. The Morgan fingerprint density at radius 3 is 3.07 bits per heavy atom. The molecular formula is C10H10N4. The summed E-state index contributed by atoms with van der Waals surface area (Å²) in [6, 6.07) is 5.82. The van der Waals surface area contributed by atoms with Crippen LogP contribution >= 0.6 is 0 Å². The summed E-state index contributed by atoms with van der Waals surface area (Å²) in [6.45, 7) is 1.79. The molecule has 0 bridgehead atoms. The molecule has 4 nitrogen and oxygen atoms in total. The Bertz CT molecular complexity index is 425. The molecule has 0 spiro atoms. The number of rotatable bonds is 1. The zero-order valence-corrected chi connectivity index (χ0v) is 7.64. The van der Waals surface area contributed by atoms with Gasteiger partial charge in [-0.1, -0.05) is 6.07 Å². The zero-order valence-electron chi connectivity index (χ0n) is 7.64. The Morgan fingerprint density at radius 2 is 2.29 bits per heavy atom. The van der Waals surface area contributed by atoms with Crippen molar-refractivity contribution in [1.82, 2.24) is 20.1 Å². The van der Waals surface area contributed by atoms with E-state index in [1.807, 2.05) is 29.1 Å². The van der Waals surface area contributed by atoms with Crippen LogP contribution in [0.5, 0.6) is 0 Å². The highest BCUT2D eigenvalue weighted by molar-refractivity contribution is 5.27. The average Bonchev–Trinajstić information content (AvgIpc) is 2.78. The summed E-state index contributed by atoms with van der Waals surface area (Å²) >= 11 is 0. The minimum atomic E-state index is 0.870. The van der Waals surface area contributed by atoms with Crippen molar-refractivity contribution in [2.75, 3.05) is 0 Å². The van der Waals surface area contributed by atoms with Crippen LogP contribution in [0, 0.1) is 0 Å². The van der Waals surface area contributed by atoms with E-state index in [-0.39, 0.29) is 0 Å². The predicted octanol–water partition coefficient (Wildman–Crippen LogP) is 0.870. The number of nitrogens with zero attached hydrogens (tertiary/aromatic N) is 3. The van der Waals surface area contributed by atoms with Crippen molar-refractivity contribution in [3.8, 4) is 5.82 Å². The molecule has 0 fully saturated rings. The van der Waals surface area contributed by atoms with Crippen LogP contribution in [0.2, 0.25) is 0 Å². The van der Waals surface area contributed by atoms with Crippen LogP contribution < -0.4 is 5.32 Å². The summed E-state index contributed by atoms with van der Waals surface area (Å²) in [5.74, 6) is 0.877. The first-order valence-electron chi connectivity index (χ1n) is 4.63. The highest BCUT2D eigenvalue weighted by Gasteiger charge is 2.14. The number of hydrogen-bond donors (Lipinski definition) is 1. The first-order valence-corrected chi connectivity index (χ1v) is 4.63. The van der Waals surface area contributed by atoms with Gasteiger partial charge in [0.2, 0.25) is 0 Å². The van der Waals surface area contributed by atoms with Gasteiger partial charge in [0, 0.05) is 31.0 Å². The summed E-state index contributed by atoms with van der Waals surface area (Å²) in [7, 11) is 0. The molecule has 3 heterocycles. The van der Waals surface area contributed by atoms with Gasteiger partial charge in [0.25, 0.3) is 0 Å². The average molecular weight is 186 g/mol. The van der Waals surface area contributed by atoms with Crippen molar-refractivity contribution in [1.29, 1.82) is 0 Å². The summed E-state index contributed by atoms with van der Waals surface area (Å²) in [6.07, 6.45) is 3.82. The van der Waals surface area contributed by atoms with Crippen molar-refractivity contribution in [3.63, 3.8) is 0 Å². The third-order valence-electron chi connectivity index (χ3n) is 2.37. The molecule has 0 atom stereocenters. The predicted molar refractivity (Wildman–Crippen MR) is 51.9 cm³/mol. The van der Waals surface area contributed by atoms with Crippen LogP contribution in [0.4, 0.5) is 0 Å². The monoisotopic (exact) mass is 186 g/mol. The van der Waals surface area contributed by atoms with Crippen LogP contribution in [-0.4, -0.2) is 14.8 Å². The van der Waals surface area contributed by atoms with E-state index in [1.165, 1.54) is 5.56 Å². The second kappa shape index (κ2) is 2.92. The molecule has 70 valence electrons. The van der Waals surface area contributed by atoms with Crippen molar-refractivity contribution in [2.45, 2.75) is 13.1 Å². The minimum Gasteiger partial charge on any atom is -0.307 e. The fourth-order valence-electron chi connectivity index (χ4n) is 1.66. The van der Waals surface area contributed by atoms with E-state index in [2.05, 4.69) is 15.4 Å². The molecule has 0 aliphatic carbocycles. The molecule has 0 saturated heterocycles. The van der Waals surface area contributed by atoms with Gasteiger partial charge in [-0.05, 0) is 12.1 Å². The fraction of sp³-hybridized carbons (Fsp3) is 0.200. The number of hydrogen-bond acceptors (Lipinski definition) is 3. The van der Waals surface area contributed by atoms with Crippen molar-refractivity contribution in [3.05, 3.63) is 41.9 Å². The van der Waals surface area contributed by atoms with Crippen molar-refractivity contribution in [2.24, 2.45) is 0 Å². The normalized spacial score (nSPS) is 14.3. The molecule has 0 unspecified atom stereocenters. The van der Waals surface area contributed by atoms with E-state index in [0.717, 1.165) is 24.6 Å². The highest BCUT2D eigenvalue weighted by Crippen LogP contribution is 2.14. The van der Waals surface area contributed by atoms with E-state index in [0.29, 0.717) is 0 Å². The lowest BCUT2D eigenvalue weighted by molar-refractivity contribution is 0.716. The van der Waals surface area contributed by atoms with Gasteiger partial charge in [-0.2, -0.15) is 5.10 Å². The second-order valence-corrected chi connectivity index (χ2v) is 3.34. The molecule has 14 heavy (non-hydrogen) atoms. The first-order chi connectivity index (χ1) is 6.93. The number of pyridine rings is 1. The zero-order chi connectivity index (χ0) is 9.38. The molecule has 1 aliphatic heterocycles. The van der Waals surface area contributed by atoms with Gasteiger partial charge in [-0.15, -0.1) is 0 Å². The Labute approximate surface area is 81.6 Å². The van der Waals surface area contributed by atoms with Crippen LogP contribution in [0.1, 0.15) is 11.3 Å². The molecule has 2 aromatic heterocycles. The van der Waals surface area contributed by atoms with E-state index >= 15 is 0 Å². The maximum Gasteiger partial charge on any atom is 0.153 e. The third kappa shape index (κ3) is 1.12. The largest absolute Gasteiger partial charge is 0.307 e. The Kier molecular flexibility index (Phi) is 1.61. The summed E-state index contributed by atoms with van der Waals surface area (Å²) in [5, 5.41) is 7.70. The number of fused-ring (bicyclic) bond motifs is 1. The van der Waals surface area contributed by atoms with Crippen LogP contribution in [0.25, 0.3) is 5.82 Å². The molecule has 0 aromatic carbocycles. The van der Waals surface area contributed by atoms with E-state index in [1.54, 1.807) is 6.20 Å². The first kappa shape index (κ1) is 7.70. The second-order valence-electron chi connectivity index (χ2n) is 3.34. The van der Waals surface area contributed by atoms with E-state index in [9.17, 15) is 0 Å². The van der Waals surface area contributed by atoms with Gasteiger partial charge in [0.15, 0.2) is 5.82 Å². The Hall–Kier alpha value is -1.68. The minimum absolute atomic E-state index is 0.870. The molecule has 4 heteroatoms. The van der Waals surface area contributed by atoms with Crippen LogP contribution in [0.3, 0.4) is 0 Å². The summed E-state index contributed by atoms with van der Waals surface area (Å²) in [4.78, 5) is 4.24. The maximum atomic E-state index is 4.45. The lowest BCUT2D eigenvalue weighted by atomic mass is 10.3. The SMILES string of the molecule is c1ccc(-n2cc3c(n2)CNC3)nc1. The van der Waals surface area contributed by atoms with Gasteiger partial charge in [-0.25, -0.2) is 9.67 Å². The quantitative estimate of drug-likeness (QED) is 0.718. The number of aromatic nitrogens is 3. The Balaban J connectivity index is 2.06. The lowest BCUT2D eigenvalue weighted by Crippen LogP contribution is -2.05. The maximum absolute atomic E-state index is 4.45. The van der Waals surface area contributed by atoms with Gasteiger partial charge >= 0.3 is 0 Å². The summed E-state index contributed by atoms with van der Waals surface area (Å²) < 4.78 is 1.84. The molecule has 3 rings (SSSR count). The summed E-state index contributed by atoms with van der Waals surface area (Å²) in [5.41, 5.74) is 2.41. The molecule has 0 radical (unpaired) electrons. The smallest absolute Gasteiger partial charge is 0.153 e. The van der Waals surface area contributed by atoms with Crippen LogP contribution in [-0.2, 0) is 13.1 Å². The van der Waals surface area contributed by atoms with Crippen molar-refractivity contribution < 1.29 is 0 Å². The van der Waals surface area contributed by atoms with Gasteiger partial charge in [-0.3, -0.25) is 0 Å². The standard InChI is InChI=1S/C10H10N4/c1-2-4-12-10(3-1)14-7-8-5-11-6-9(8)13-14/h1-4,7,11H,5-6H2. The number of nitrogens with one attached hydrogen (secondary N) is 1. The van der Waals surface area contributed by atoms with Gasteiger partial charge in [0.1, 0.15) is 0 Å². The molecule has 0 saturated carbocycles. The fourth-order valence-corrected chi connectivity index (χ4v) is 1.66. The van der Waals surface area contributed by atoms with Gasteiger partial charge < -0.3 is 5.32 Å². The van der Waals surface area contributed by atoms with E-state index < -0.39 is 0 Å². The highest BCUT2D eigenvalue weighted by atomic mass is 15.3. The van der Waals surface area contributed by atoms with Crippen molar-refractivity contribution >= 4 is 0 Å². The Morgan fingerprint density at radius 1 is 1.29 bits per heavy atom.